The Kier molecular flexibility index (Phi) is 12.8. The van der Waals surface area contributed by atoms with Crippen molar-refractivity contribution in [3.8, 4) is 0 Å². The average Bonchev–Trinajstić information content (AvgIpc) is 2.45. The molecule has 0 saturated heterocycles. The summed E-state index contributed by atoms with van der Waals surface area (Å²) >= 11 is 0. The van der Waals surface area contributed by atoms with E-state index in [1.807, 2.05) is 27.7 Å². The van der Waals surface area contributed by atoms with E-state index < -0.39 is 12.2 Å². The SMILES string of the molecule is CCOP(C)(=O)SSC(C(=O)OC(C)(C)C)C(C)CCCCCCN. The highest BCUT2D eigenvalue weighted by Gasteiger charge is 2.32. The molecule has 150 valence electrons. The van der Waals surface area contributed by atoms with Crippen LogP contribution in [0.25, 0.3) is 0 Å². The maximum absolute atomic E-state index is 12.6. The van der Waals surface area contributed by atoms with Crippen molar-refractivity contribution in [3.63, 3.8) is 0 Å². The summed E-state index contributed by atoms with van der Waals surface area (Å²) in [4.78, 5) is 12.6. The summed E-state index contributed by atoms with van der Waals surface area (Å²) in [5, 5.41) is -0.354. The van der Waals surface area contributed by atoms with E-state index in [2.05, 4.69) is 6.92 Å². The smallest absolute Gasteiger partial charge is 0.320 e. The number of carbonyl (C=O) groups excluding carboxylic acids is 1. The molecule has 0 aliphatic rings. The van der Waals surface area contributed by atoms with Gasteiger partial charge in [-0.25, -0.2) is 0 Å². The number of hydrogen-bond donors (Lipinski definition) is 1. The lowest BCUT2D eigenvalue weighted by molar-refractivity contribution is -0.155. The zero-order valence-corrected chi connectivity index (χ0v) is 19.1. The molecule has 5 nitrogen and oxygen atoms in total. The van der Waals surface area contributed by atoms with Crippen LogP contribution in [0.4, 0.5) is 0 Å². The van der Waals surface area contributed by atoms with E-state index in [-0.39, 0.29) is 17.1 Å². The van der Waals surface area contributed by atoms with Crippen molar-refractivity contribution in [3.05, 3.63) is 0 Å². The van der Waals surface area contributed by atoms with Gasteiger partial charge in [0.2, 0.25) is 0 Å². The van der Waals surface area contributed by atoms with Gasteiger partial charge in [-0.3, -0.25) is 9.36 Å². The summed E-state index contributed by atoms with van der Waals surface area (Å²) < 4.78 is 23.2. The number of nitrogens with two attached hydrogens (primary N) is 1. The molecule has 0 fully saturated rings. The van der Waals surface area contributed by atoms with E-state index in [9.17, 15) is 9.36 Å². The fourth-order valence-electron chi connectivity index (χ4n) is 2.22. The van der Waals surface area contributed by atoms with Gasteiger partial charge in [0.05, 0.1) is 6.61 Å². The Balaban J connectivity index is 4.76. The molecule has 0 radical (unpaired) electrons. The standard InChI is InChI=1S/C17H36NO4PS2/c1-7-21-23(6,20)25-24-15(16(19)22-17(3,4)5)14(2)12-10-8-9-11-13-18/h14-15H,7-13,18H2,1-6H3. The fraction of sp³-hybridized carbons (Fsp3) is 0.941. The molecule has 8 heteroatoms. The summed E-state index contributed by atoms with van der Waals surface area (Å²) in [6.07, 6.45) is 5.27. The van der Waals surface area contributed by atoms with Crippen molar-refractivity contribution >= 4 is 33.7 Å². The van der Waals surface area contributed by atoms with E-state index in [0.717, 1.165) is 38.6 Å². The molecule has 0 aromatic carbocycles. The Bertz CT molecular complexity index is 429. The molecular weight excluding hydrogens is 377 g/mol. The van der Waals surface area contributed by atoms with E-state index in [4.69, 9.17) is 15.0 Å². The van der Waals surface area contributed by atoms with Crippen LogP contribution in [-0.4, -0.2) is 36.6 Å². The molecule has 0 aliphatic heterocycles. The third-order valence-electron chi connectivity index (χ3n) is 3.42. The summed E-state index contributed by atoms with van der Waals surface area (Å²) in [5.41, 5.74) is 4.99. The molecule has 0 bridgehead atoms. The van der Waals surface area contributed by atoms with Crippen molar-refractivity contribution < 1.29 is 18.6 Å². The highest BCUT2D eigenvalue weighted by atomic mass is 33.3. The lowest BCUT2D eigenvalue weighted by atomic mass is 9.99. The third kappa shape index (κ3) is 13.2. The second-order valence-electron chi connectivity index (χ2n) is 7.28. The minimum absolute atomic E-state index is 0.145. The van der Waals surface area contributed by atoms with Gasteiger partial charge in [0.15, 0.2) is 0 Å². The Morgan fingerprint density at radius 2 is 1.80 bits per heavy atom. The van der Waals surface area contributed by atoms with Crippen molar-refractivity contribution in [2.24, 2.45) is 11.7 Å². The molecule has 0 aromatic rings. The first-order valence-electron chi connectivity index (χ1n) is 9.02. The van der Waals surface area contributed by atoms with Crippen LogP contribution >= 0.6 is 27.8 Å². The highest BCUT2D eigenvalue weighted by Crippen LogP contribution is 2.63. The van der Waals surface area contributed by atoms with Gasteiger partial charge in [-0.15, -0.1) is 0 Å². The van der Waals surface area contributed by atoms with E-state index in [1.165, 1.54) is 21.2 Å². The normalized spacial score (nSPS) is 16.9. The number of carbonyl (C=O) groups is 1. The van der Waals surface area contributed by atoms with Crippen LogP contribution in [0.5, 0.6) is 0 Å². The molecule has 2 N–H and O–H groups in total. The minimum Gasteiger partial charge on any atom is -0.459 e. The average molecular weight is 414 g/mol. The van der Waals surface area contributed by atoms with Gasteiger partial charge in [0.25, 0.3) is 6.57 Å². The van der Waals surface area contributed by atoms with Crippen LogP contribution in [-0.2, 0) is 18.6 Å². The maximum Gasteiger partial charge on any atom is 0.320 e. The molecule has 0 spiro atoms. The zero-order valence-electron chi connectivity index (χ0n) is 16.6. The summed E-state index contributed by atoms with van der Waals surface area (Å²) in [6, 6.07) is 0. The Labute approximate surface area is 161 Å². The molecule has 0 rings (SSSR count). The van der Waals surface area contributed by atoms with Crippen molar-refractivity contribution in [2.75, 3.05) is 19.8 Å². The van der Waals surface area contributed by atoms with Crippen LogP contribution in [0.3, 0.4) is 0 Å². The van der Waals surface area contributed by atoms with Crippen LogP contribution in [0.15, 0.2) is 0 Å². The molecule has 0 heterocycles. The molecule has 0 saturated carbocycles. The van der Waals surface area contributed by atoms with Gasteiger partial charge in [0, 0.05) is 17.1 Å². The predicted octanol–water partition coefficient (Wildman–Crippen LogP) is 5.48. The second kappa shape index (κ2) is 12.7. The molecule has 0 amide bonds. The number of esters is 1. The molecule has 3 unspecified atom stereocenters. The van der Waals surface area contributed by atoms with Crippen LogP contribution in [0, 0.1) is 5.92 Å². The number of ether oxygens (including phenoxy) is 1. The van der Waals surface area contributed by atoms with Crippen molar-refractivity contribution in [1.82, 2.24) is 0 Å². The van der Waals surface area contributed by atoms with Crippen LogP contribution in [0.1, 0.15) is 66.7 Å². The monoisotopic (exact) mass is 413 g/mol. The van der Waals surface area contributed by atoms with E-state index >= 15 is 0 Å². The maximum atomic E-state index is 12.6. The Hall–Kier alpha value is 0.320. The molecule has 3 atom stereocenters. The second-order valence-corrected chi connectivity index (χ2v) is 14.3. The van der Waals surface area contributed by atoms with Gasteiger partial charge in [-0.05, 0) is 53.0 Å². The Morgan fingerprint density at radius 1 is 1.20 bits per heavy atom. The van der Waals surface area contributed by atoms with Crippen molar-refractivity contribution in [2.45, 2.75) is 77.6 Å². The highest BCUT2D eigenvalue weighted by molar-refractivity contribution is 8.99. The molecule has 25 heavy (non-hydrogen) atoms. The summed E-state index contributed by atoms with van der Waals surface area (Å²) in [5.74, 6) is -0.0946. The molecule has 0 aromatic heterocycles. The first-order chi connectivity index (χ1) is 11.5. The topological polar surface area (TPSA) is 78.6 Å². The first-order valence-corrected chi connectivity index (χ1v) is 13.9. The predicted molar refractivity (Wildman–Crippen MR) is 111 cm³/mol. The van der Waals surface area contributed by atoms with Gasteiger partial charge < -0.3 is 15.0 Å². The summed E-state index contributed by atoms with van der Waals surface area (Å²) in [7, 11) is 2.50. The van der Waals surface area contributed by atoms with Gasteiger partial charge in [-0.1, -0.05) is 37.0 Å². The third-order valence-corrected chi connectivity index (χ3v) is 10.6. The Morgan fingerprint density at radius 3 is 2.32 bits per heavy atom. The lowest BCUT2D eigenvalue weighted by Gasteiger charge is -2.27. The van der Waals surface area contributed by atoms with E-state index in [1.54, 1.807) is 6.66 Å². The lowest BCUT2D eigenvalue weighted by Crippen LogP contribution is -2.33. The fourth-order valence-corrected chi connectivity index (χ4v) is 8.06. The van der Waals surface area contributed by atoms with Gasteiger partial charge >= 0.3 is 5.97 Å². The van der Waals surface area contributed by atoms with Crippen LogP contribution < -0.4 is 5.73 Å². The zero-order chi connectivity index (χ0) is 19.5. The number of rotatable bonds is 13. The largest absolute Gasteiger partial charge is 0.459 e. The summed E-state index contributed by atoms with van der Waals surface area (Å²) in [6.45, 7) is 9.43. The number of unbranched alkanes of at least 4 members (excludes halogenated alkanes) is 3. The van der Waals surface area contributed by atoms with Crippen LogP contribution in [0.2, 0.25) is 0 Å². The molecule has 0 aliphatic carbocycles. The van der Waals surface area contributed by atoms with Crippen molar-refractivity contribution in [1.29, 1.82) is 0 Å². The minimum atomic E-state index is -2.76. The van der Waals surface area contributed by atoms with Gasteiger partial charge in [0.1, 0.15) is 10.9 Å². The quantitative estimate of drug-likeness (QED) is 0.185. The van der Waals surface area contributed by atoms with Gasteiger partial charge in [-0.2, -0.15) is 0 Å². The van der Waals surface area contributed by atoms with E-state index in [0.29, 0.717) is 6.61 Å². The first kappa shape index (κ1) is 25.3. The number of hydrogen-bond acceptors (Lipinski definition) is 7. The molecular formula is C17H36NO4PS2.